The molecule has 0 aliphatic carbocycles. The van der Waals surface area contributed by atoms with Crippen LogP contribution in [0.1, 0.15) is 14.4 Å². The lowest BCUT2D eigenvalue weighted by atomic mass is 10.9. The first kappa shape index (κ1) is 17.1. The van der Waals surface area contributed by atoms with Crippen molar-refractivity contribution in [3.63, 3.8) is 0 Å². The van der Waals surface area contributed by atoms with E-state index in [1.165, 1.54) is 7.05 Å². The van der Waals surface area contributed by atoms with E-state index in [1.807, 2.05) is 6.92 Å². The van der Waals surface area contributed by atoms with Crippen molar-refractivity contribution in [1.29, 1.82) is 0 Å². The van der Waals surface area contributed by atoms with E-state index in [2.05, 4.69) is 9.46 Å². The Morgan fingerprint density at radius 1 is 1.45 bits per heavy atom. The van der Waals surface area contributed by atoms with Gasteiger partial charge < -0.3 is 4.74 Å². The molecule has 0 fully saturated rings. The summed E-state index contributed by atoms with van der Waals surface area (Å²) in [6.07, 6.45) is 1.10. The highest BCUT2D eigenvalue weighted by molar-refractivity contribution is 7.88. The van der Waals surface area contributed by atoms with Crippen molar-refractivity contribution in [1.82, 2.24) is 4.72 Å². The van der Waals surface area contributed by atoms with Crippen molar-refractivity contribution in [3.05, 3.63) is 0 Å². The Morgan fingerprint density at radius 3 is 1.64 bits per heavy atom. The summed E-state index contributed by atoms with van der Waals surface area (Å²) in [5.41, 5.74) is 0. The molecular weight excluding hydrogens is 166 g/mol. The Kier molecular flexibility index (Phi) is 15.3. The number of methoxy groups -OCH3 is 1. The van der Waals surface area contributed by atoms with Gasteiger partial charge in [0.1, 0.15) is 0 Å². The molecule has 0 saturated carbocycles. The molecule has 11 heavy (non-hydrogen) atoms. The van der Waals surface area contributed by atoms with Crippen molar-refractivity contribution >= 4 is 10.0 Å². The van der Waals surface area contributed by atoms with Gasteiger partial charge in [-0.05, 0) is 14.0 Å². The van der Waals surface area contributed by atoms with Gasteiger partial charge in [-0.25, -0.2) is 13.1 Å². The number of rotatable bonds is 2. The molecule has 0 bridgehead atoms. The second kappa shape index (κ2) is 9.87. The molecule has 5 heteroatoms. The highest BCUT2D eigenvalue weighted by atomic mass is 32.2. The molecule has 0 atom stereocenters. The van der Waals surface area contributed by atoms with Crippen LogP contribution in [-0.4, -0.2) is 35.4 Å². The van der Waals surface area contributed by atoms with Crippen LogP contribution in [0.5, 0.6) is 0 Å². The van der Waals surface area contributed by atoms with Crippen LogP contribution in [0.2, 0.25) is 0 Å². The summed E-state index contributed by atoms with van der Waals surface area (Å²) in [5.74, 6) is 0. The first-order valence-corrected chi connectivity index (χ1v) is 4.74. The summed E-state index contributed by atoms with van der Waals surface area (Å²) in [5, 5.41) is 0. The fourth-order valence-electron chi connectivity index (χ4n) is 0. The zero-order valence-electron chi connectivity index (χ0n) is 6.84. The van der Waals surface area contributed by atoms with E-state index < -0.39 is 10.0 Å². The standard InChI is InChI=1S/C3H8O.C2H7NO2S.CH4/c1-3-4-2;1-3-6(2,4)5;/h3H2,1-2H3;3H,1-2H3;1H4. The second-order valence-electron chi connectivity index (χ2n) is 1.55. The van der Waals surface area contributed by atoms with Gasteiger partial charge >= 0.3 is 0 Å². The predicted molar refractivity (Wildman–Crippen MR) is 48.2 cm³/mol. The van der Waals surface area contributed by atoms with Crippen LogP contribution in [0, 0.1) is 0 Å². The summed E-state index contributed by atoms with van der Waals surface area (Å²) in [4.78, 5) is 0. The number of ether oxygens (including phenoxy) is 1. The molecule has 0 aliphatic heterocycles. The van der Waals surface area contributed by atoms with Crippen LogP contribution in [0.25, 0.3) is 0 Å². The van der Waals surface area contributed by atoms with Crippen molar-refractivity contribution in [2.24, 2.45) is 0 Å². The monoisotopic (exact) mass is 185 g/mol. The highest BCUT2D eigenvalue weighted by Gasteiger charge is 1.88. The lowest BCUT2D eigenvalue weighted by molar-refractivity contribution is 0.215. The van der Waals surface area contributed by atoms with E-state index in [4.69, 9.17) is 0 Å². The van der Waals surface area contributed by atoms with Crippen molar-refractivity contribution in [2.75, 3.05) is 27.0 Å². The SMILES string of the molecule is C.CCOC.CNS(C)(=O)=O. The average Bonchev–Trinajstić information content (AvgIpc) is 1.87. The molecule has 0 rings (SSSR count). The number of nitrogens with one attached hydrogen (secondary N) is 1. The summed E-state index contributed by atoms with van der Waals surface area (Å²) < 4.78 is 26.4. The molecule has 72 valence electrons. The Bertz CT molecular complexity index is 140. The normalized spacial score (nSPS) is 9.09. The van der Waals surface area contributed by atoms with E-state index in [-0.39, 0.29) is 7.43 Å². The van der Waals surface area contributed by atoms with Crippen LogP contribution >= 0.6 is 0 Å². The molecule has 0 saturated heterocycles. The summed E-state index contributed by atoms with van der Waals surface area (Å²) >= 11 is 0. The third-order valence-electron chi connectivity index (χ3n) is 0.659. The minimum Gasteiger partial charge on any atom is -0.385 e. The third-order valence-corrected chi connectivity index (χ3v) is 1.40. The summed E-state index contributed by atoms with van der Waals surface area (Å²) in [6.45, 7) is 2.78. The van der Waals surface area contributed by atoms with Gasteiger partial charge in [0.25, 0.3) is 0 Å². The molecule has 0 unspecified atom stereocenters. The predicted octanol–water partition coefficient (Wildman–Crippen LogP) is 0.454. The zero-order valence-corrected chi connectivity index (χ0v) is 7.66. The number of hydrogen-bond acceptors (Lipinski definition) is 3. The summed E-state index contributed by atoms with van der Waals surface area (Å²) in [7, 11) is 0.139. The van der Waals surface area contributed by atoms with Gasteiger partial charge in [0.2, 0.25) is 10.0 Å². The van der Waals surface area contributed by atoms with Gasteiger partial charge in [-0.3, -0.25) is 0 Å². The highest BCUT2D eigenvalue weighted by Crippen LogP contribution is 1.62. The van der Waals surface area contributed by atoms with E-state index in [0.717, 1.165) is 12.9 Å². The van der Waals surface area contributed by atoms with Crippen molar-refractivity contribution < 1.29 is 13.2 Å². The molecule has 0 aliphatic rings. The van der Waals surface area contributed by atoms with E-state index in [9.17, 15) is 8.42 Å². The molecule has 1 N–H and O–H groups in total. The van der Waals surface area contributed by atoms with Crippen LogP contribution in [0.3, 0.4) is 0 Å². The maximum absolute atomic E-state index is 9.89. The maximum Gasteiger partial charge on any atom is 0.208 e. The zero-order chi connectivity index (χ0) is 8.62. The van der Waals surface area contributed by atoms with Crippen molar-refractivity contribution in [3.8, 4) is 0 Å². The van der Waals surface area contributed by atoms with Crippen LogP contribution in [0.15, 0.2) is 0 Å². The molecule has 0 aromatic heterocycles. The van der Waals surface area contributed by atoms with Gasteiger partial charge in [-0.1, -0.05) is 7.43 Å². The van der Waals surface area contributed by atoms with E-state index in [1.54, 1.807) is 7.11 Å². The topological polar surface area (TPSA) is 55.4 Å². The first-order valence-electron chi connectivity index (χ1n) is 2.85. The van der Waals surface area contributed by atoms with E-state index >= 15 is 0 Å². The maximum atomic E-state index is 9.89. The minimum atomic E-state index is -2.91. The van der Waals surface area contributed by atoms with Gasteiger partial charge in [-0.2, -0.15) is 0 Å². The molecule has 0 aromatic rings. The molecule has 0 amide bonds. The minimum absolute atomic E-state index is 0. The van der Waals surface area contributed by atoms with Gasteiger partial charge in [0.15, 0.2) is 0 Å². The Balaban J connectivity index is -0.000000114. The second-order valence-corrected chi connectivity index (χ2v) is 3.51. The summed E-state index contributed by atoms with van der Waals surface area (Å²) in [6, 6.07) is 0. The fraction of sp³-hybridized carbons (Fsp3) is 1.00. The number of hydrogen-bond donors (Lipinski definition) is 1. The molecule has 0 spiro atoms. The average molecular weight is 185 g/mol. The Morgan fingerprint density at radius 2 is 1.64 bits per heavy atom. The molecule has 0 radical (unpaired) electrons. The van der Waals surface area contributed by atoms with Gasteiger partial charge in [-0.15, -0.1) is 0 Å². The molecule has 4 nitrogen and oxygen atoms in total. The number of sulfonamides is 1. The molecule has 0 heterocycles. The Labute approximate surface area is 70.0 Å². The largest absolute Gasteiger partial charge is 0.385 e. The van der Waals surface area contributed by atoms with Crippen molar-refractivity contribution in [2.45, 2.75) is 14.4 Å². The molecule has 0 aromatic carbocycles. The van der Waals surface area contributed by atoms with E-state index in [0.29, 0.717) is 0 Å². The lowest BCUT2D eigenvalue weighted by Gasteiger charge is -1.85. The quantitative estimate of drug-likeness (QED) is 0.679. The van der Waals surface area contributed by atoms with Gasteiger partial charge in [0.05, 0.1) is 6.26 Å². The van der Waals surface area contributed by atoms with Crippen LogP contribution < -0.4 is 4.72 Å². The lowest BCUT2D eigenvalue weighted by Crippen LogP contribution is -2.15. The fourth-order valence-corrected chi connectivity index (χ4v) is 0. The van der Waals surface area contributed by atoms with Crippen LogP contribution in [-0.2, 0) is 14.8 Å². The smallest absolute Gasteiger partial charge is 0.208 e. The van der Waals surface area contributed by atoms with Crippen LogP contribution in [0.4, 0.5) is 0 Å². The third kappa shape index (κ3) is 40.8. The first-order chi connectivity index (χ1) is 4.47. The molecular formula is C6H19NO3S. The Hall–Kier alpha value is -0.130. The van der Waals surface area contributed by atoms with Gasteiger partial charge in [0, 0.05) is 13.7 Å².